The smallest absolute Gasteiger partial charge is 0.372 e. The van der Waals surface area contributed by atoms with E-state index in [1.165, 1.54) is 19.2 Å². The molecule has 33 heavy (non-hydrogen) atoms. The van der Waals surface area contributed by atoms with Crippen molar-refractivity contribution in [2.45, 2.75) is 44.1 Å². The molecule has 0 aliphatic carbocycles. The van der Waals surface area contributed by atoms with Crippen LogP contribution in [0.25, 0.3) is 0 Å². The van der Waals surface area contributed by atoms with Crippen molar-refractivity contribution in [2.75, 3.05) is 12.3 Å². The molecule has 2 aliphatic heterocycles. The van der Waals surface area contributed by atoms with Crippen molar-refractivity contribution in [1.82, 2.24) is 15.4 Å². The fourth-order valence-electron chi connectivity index (χ4n) is 2.78. The summed E-state index contributed by atoms with van der Waals surface area (Å²) in [5.74, 6) is -5.78. The summed E-state index contributed by atoms with van der Waals surface area (Å²) in [5, 5.41) is 26.4. The molecule has 1 aromatic heterocycles. The van der Waals surface area contributed by atoms with Crippen molar-refractivity contribution in [3.8, 4) is 0 Å². The van der Waals surface area contributed by atoms with E-state index in [1.807, 2.05) is 0 Å². The number of carboxylic acid groups (broad SMARTS) is 2. The summed E-state index contributed by atoms with van der Waals surface area (Å²) in [6.07, 6.45) is -0.578. The van der Waals surface area contributed by atoms with Crippen LogP contribution < -0.4 is 11.1 Å². The maximum Gasteiger partial charge on any atom is 0.372 e. The molecule has 5 N–H and O–H groups in total. The van der Waals surface area contributed by atoms with Crippen LogP contribution in [-0.2, 0) is 38.4 Å². The number of hydrogen-bond donors (Lipinski definition) is 4. The topological polar surface area (TPSA) is 220 Å². The Kier molecular flexibility index (Phi) is 6.24. The molecule has 2 amide bonds. The Hall–Kier alpha value is -3.79. The maximum atomic E-state index is 12.9. The Morgan fingerprint density at radius 1 is 1.39 bits per heavy atom. The first-order chi connectivity index (χ1) is 15.4. The number of carboxylic acids is 2. The van der Waals surface area contributed by atoms with Gasteiger partial charge in [0.15, 0.2) is 10.8 Å². The molecule has 0 bridgehead atoms. The van der Waals surface area contributed by atoms with Gasteiger partial charge in [-0.15, -0.1) is 11.3 Å². The Balaban J connectivity index is 1.81. The molecule has 16 heteroatoms. The number of rotatable bonds is 8. The first-order valence-electron chi connectivity index (χ1n) is 9.31. The van der Waals surface area contributed by atoms with Crippen LogP contribution in [0.4, 0.5) is 5.13 Å². The van der Waals surface area contributed by atoms with Gasteiger partial charge in [0, 0.05) is 11.8 Å². The third-order valence-electron chi connectivity index (χ3n) is 4.65. The number of hydroxylamine groups is 2. The fraction of sp³-hybridized carbons (Fsp3) is 0.471. The number of cyclic esters (lactones) is 1. The van der Waals surface area contributed by atoms with E-state index < -0.39 is 59.4 Å². The van der Waals surface area contributed by atoms with Gasteiger partial charge in [0.1, 0.15) is 18.3 Å². The molecule has 2 fully saturated rings. The Labute approximate surface area is 189 Å². The second-order valence-electron chi connectivity index (χ2n) is 7.44. The largest absolute Gasteiger partial charge is 0.478 e. The van der Waals surface area contributed by atoms with Gasteiger partial charge in [0.05, 0.1) is 6.42 Å². The average Bonchev–Trinajstić information content (AvgIpc) is 3.42. The predicted molar refractivity (Wildman–Crippen MR) is 106 cm³/mol. The summed E-state index contributed by atoms with van der Waals surface area (Å²) < 4.78 is 4.84. The number of thiazole rings is 1. The third kappa shape index (κ3) is 4.56. The minimum Gasteiger partial charge on any atom is -0.478 e. The zero-order chi connectivity index (χ0) is 24.6. The Bertz CT molecular complexity index is 1050. The van der Waals surface area contributed by atoms with Gasteiger partial charge in [-0.2, -0.15) is 5.06 Å². The van der Waals surface area contributed by atoms with Crippen molar-refractivity contribution >= 4 is 51.9 Å². The maximum absolute atomic E-state index is 12.9. The lowest BCUT2D eigenvalue weighted by Crippen LogP contribution is -2.57. The number of amides is 2. The molecular formula is C17H19N5O10S. The average molecular weight is 485 g/mol. The minimum atomic E-state index is -2.34. The number of hydrogen-bond acceptors (Lipinski definition) is 12. The molecule has 2 atom stereocenters. The number of nitrogens with two attached hydrogens (primary N) is 1. The highest BCUT2D eigenvalue weighted by Crippen LogP contribution is 2.34. The second kappa shape index (κ2) is 8.62. The molecule has 3 heterocycles. The summed E-state index contributed by atoms with van der Waals surface area (Å²) in [4.78, 5) is 74.1. The highest BCUT2D eigenvalue weighted by molar-refractivity contribution is 7.13. The van der Waals surface area contributed by atoms with E-state index in [0.717, 1.165) is 11.3 Å². The van der Waals surface area contributed by atoms with Crippen LogP contribution in [0.5, 0.6) is 0 Å². The van der Waals surface area contributed by atoms with Crippen LogP contribution in [0.2, 0.25) is 0 Å². The van der Waals surface area contributed by atoms with E-state index >= 15 is 0 Å². The highest BCUT2D eigenvalue weighted by atomic mass is 32.1. The van der Waals surface area contributed by atoms with Crippen LogP contribution >= 0.6 is 11.3 Å². The molecular weight excluding hydrogens is 466 g/mol. The van der Waals surface area contributed by atoms with Gasteiger partial charge in [-0.3, -0.25) is 19.2 Å². The van der Waals surface area contributed by atoms with Crippen molar-refractivity contribution in [3.05, 3.63) is 11.1 Å². The number of carbonyl (C=O) groups excluding carboxylic acids is 3. The van der Waals surface area contributed by atoms with Crippen LogP contribution in [0, 0.1) is 0 Å². The number of oxime groups is 1. The summed E-state index contributed by atoms with van der Waals surface area (Å²) >= 11 is 0.974. The molecule has 15 nitrogen and oxygen atoms in total. The van der Waals surface area contributed by atoms with Gasteiger partial charge in [-0.1, -0.05) is 5.16 Å². The second-order valence-corrected chi connectivity index (χ2v) is 8.33. The van der Waals surface area contributed by atoms with E-state index in [1.54, 1.807) is 0 Å². The summed E-state index contributed by atoms with van der Waals surface area (Å²) in [7, 11) is 0. The van der Waals surface area contributed by atoms with Crippen molar-refractivity contribution in [3.63, 3.8) is 0 Å². The molecule has 0 aromatic carbocycles. The van der Waals surface area contributed by atoms with Gasteiger partial charge < -0.3 is 30.8 Å². The Morgan fingerprint density at radius 3 is 2.61 bits per heavy atom. The third-order valence-corrected chi connectivity index (χ3v) is 5.32. The van der Waals surface area contributed by atoms with E-state index in [2.05, 4.69) is 15.5 Å². The zero-order valence-corrected chi connectivity index (χ0v) is 18.1. The zero-order valence-electron chi connectivity index (χ0n) is 17.3. The number of nitrogen functional groups attached to an aromatic ring is 1. The molecule has 0 saturated carbocycles. The van der Waals surface area contributed by atoms with Crippen LogP contribution in [0.3, 0.4) is 0 Å². The number of esters is 1. The molecule has 178 valence electrons. The minimum absolute atomic E-state index is 0.0499. The van der Waals surface area contributed by atoms with Crippen molar-refractivity contribution in [2.24, 2.45) is 5.16 Å². The van der Waals surface area contributed by atoms with Gasteiger partial charge in [-0.25, -0.2) is 14.6 Å². The molecule has 1 aromatic rings. The lowest BCUT2D eigenvalue weighted by atomic mass is 10.1. The number of aliphatic carboxylic acids is 2. The van der Waals surface area contributed by atoms with Crippen LogP contribution in [-0.4, -0.2) is 79.7 Å². The number of aromatic nitrogens is 1. The molecule has 2 saturated heterocycles. The van der Waals surface area contributed by atoms with E-state index in [9.17, 15) is 34.2 Å². The standard InChI is InChI=1S/C17H19N5O10S/c1-16(2,13(26)27)32-21-10(8-6-33-15(18)20-8)11(24)19-7-5-30-22(12(7)25)17(14(28)29)4-3-9(23)31-17/h6-7H,3-5H2,1-2H3,(H2,18,20)(H,19,24)(H,26,27)(H,28,29)/b21-10-/t7-,17?/m0/s1. The predicted octanol–water partition coefficient (Wildman–Crippen LogP) is -1.31. The lowest BCUT2D eigenvalue weighted by molar-refractivity contribution is -0.256. The van der Waals surface area contributed by atoms with E-state index in [4.69, 9.17) is 20.1 Å². The first kappa shape index (κ1) is 23.9. The van der Waals surface area contributed by atoms with E-state index in [0.29, 0.717) is 5.06 Å². The fourth-order valence-corrected chi connectivity index (χ4v) is 3.33. The van der Waals surface area contributed by atoms with Crippen molar-refractivity contribution in [1.29, 1.82) is 0 Å². The van der Waals surface area contributed by atoms with Gasteiger partial charge in [0.2, 0.25) is 5.60 Å². The number of ether oxygens (including phenoxy) is 1. The van der Waals surface area contributed by atoms with Crippen LogP contribution in [0.1, 0.15) is 32.4 Å². The monoisotopic (exact) mass is 485 g/mol. The number of anilines is 1. The molecule has 0 spiro atoms. The van der Waals surface area contributed by atoms with E-state index in [-0.39, 0.29) is 23.7 Å². The number of carbonyl (C=O) groups is 5. The van der Waals surface area contributed by atoms with Crippen LogP contribution in [0.15, 0.2) is 10.5 Å². The lowest BCUT2D eigenvalue weighted by Gasteiger charge is -2.30. The SMILES string of the molecule is CC(C)(O/N=C(\C(=O)N[C@H]1CON(C2(C(=O)O)CCC(=O)O2)C1=O)c1csc(N)n1)C(=O)O. The summed E-state index contributed by atoms with van der Waals surface area (Å²) in [6.45, 7) is 1.93. The van der Waals surface area contributed by atoms with Gasteiger partial charge in [-0.05, 0) is 13.8 Å². The molecule has 2 aliphatic rings. The molecule has 3 rings (SSSR count). The molecule has 0 radical (unpaired) electrons. The number of nitrogens with one attached hydrogen (secondary N) is 1. The Morgan fingerprint density at radius 2 is 2.09 bits per heavy atom. The first-order valence-corrected chi connectivity index (χ1v) is 10.2. The summed E-state index contributed by atoms with van der Waals surface area (Å²) in [6, 6.07) is -1.37. The van der Waals surface area contributed by atoms with Gasteiger partial charge >= 0.3 is 23.6 Å². The normalized spacial score (nSPS) is 23.4. The highest BCUT2D eigenvalue weighted by Gasteiger charge is 2.59. The number of nitrogens with zero attached hydrogens (tertiary/aromatic N) is 3. The summed E-state index contributed by atoms with van der Waals surface area (Å²) in [5.41, 5.74) is 0.910. The quantitative estimate of drug-likeness (QED) is 0.191. The van der Waals surface area contributed by atoms with Gasteiger partial charge in [0.25, 0.3) is 11.8 Å². The molecule has 1 unspecified atom stereocenters. The van der Waals surface area contributed by atoms with Crippen molar-refractivity contribution < 1.29 is 48.6 Å².